The average Bonchev–Trinajstić information content (AvgIpc) is 3.13. The molecule has 2 aromatic heterocycles. The van der Waals surface area contributed by atoms with Gasteiger partial charge in [0, 0.05) is 45.5 Å². The minimum absolute atomic E-state index is 0.0127. The van der Waals surface area contributed by atoms with E-state index in [1.165, 1.54) is 4.68 Å². The number of anilines is 1. The predicted octanol–water partition coefficient (Wildman–Crippen LogP) is 0.0220. The Kier molecular flexibility index (Phi) is 5.67. The second-order valence-corrected chi connectivity index (χ2v) is 6.22. The van der Waals surface area contributed by atoms with Crippen molar-refractivity contribution in [3.8, 4) is 0 Å². The highest BCUT2D eigenvalue weighted by Gasteiger charge is 2.21. The Morgan fingerprint density at radius 2 is 2.31 bits per heavy atom. The van der Waals surface area contributed by atoms with Crippen LogP contribution in [0.15, 0.2) is 29.3 Å². The van der Waals surface area contributed by atoms with E-state index in [0.717, 1.165) is 12.2 Å². The molecule has 0 bridgehead atoms. The molecule has 3 rings (SSSR count). The Morgan fingerprint density at radius 1 is 1.46 bits per heavy atom. The topological polar surface area (TPSA) is 94.3 Å². The maximum absolute atomic E-state index is 12.1. The van der Waals surface area contributed by atoms with Gasteiger partial charge >= 0.3 is 0 Å². The van der Waals surface area contributed by atoms with Gasteiger partial charge in [0.2, 0.25) is 0 Å². The summed E-state index contributed by atoms with van der Waals surface area (Å²) in [5, 5.41) is 11.1. The molecule has 1 amide bonds. The molecule has 0 aliphatic carbocycles. The highest BCUT2D eigenvalue weighted by Crippen LogP contribution is 2.16. The molecule has 1 unspecified atom stereocenters. The number of hydrogen-bond acceptors (Lipinski definition) is 6. The van der Waals surface area contributed by atoms with Crippen LogP contribution in [-0.4, -0.2) is 57.8 Å². The van der Waals surface area contributed by atoms with E-state index in [-0.39, 0.29) is 17.6 Å². The van der Waals surface area contributed by atoms with Crippen LogP contribution in [0.2, 0.25) is 0 Å². The van der Waals surface area contributed by atoms with E-state index in [4.69, 9.17) is 4.74 Å². The fourth-order valence-corrected chi connectivity index (χ4v) is 2.86. The van der Waals surface area contributed by atoms with Gasteiger partial charge in [-0.3, -0.25) is 14.3 Å². The lowest BCUT2D eigenvalue weighted by Crippen LogP contribution is -2.44. The fourth-order valence-electron chi connectivity index (χ4n) is 2.86. The average molecular weight is 360 g/mol. The lowest BCUT2D eigenvalue weighted by Gasteiger charge is -2.34. The Hall–Kier alpha value is -2.68. The largest absolute Gasteiger partial charge is 0.374 e. The summed E-state index contributed by atoms with van der Waals surface area (Å²) in [7, 11) is 1.63. The quantitative estimate of drug-likeness (QED) is 0.781. The van der Waals surface area contributed by atoms with Crippen LogP contribution in [-0.2, 0) is 18.3 Å². The van der Waals surface area contributed by atoms with Crippen molar-refractivity contribution >= 4 is 11.6 Å². The van der Waals surface area contributed by atoms with Gasteiger partial charge in [-0.15, -0.1) is 0 Å². The van der Waals surface area contributed by atoms with Crippen LogP contribution in [0.25, 0.3) is 0 Å². The van der Waals surface area contributed by atoms with Crippen LogP contribution in [0.3, 0.4) is 0 Å². The second kappa shape index (κ2) is 8.13. The van der Waals surface area contributed by atoms with E-state index in [2.05, 4.69) is 20.4 Å². The number of amides is 1. The number of aromatic nitrogens is 4. The first-order chi connectivity index (χ1) is 12.6. The standard InChI is InChI=1S/C17H24N6O3/c1-3-23-7-5-15(20-23)17(25)18-6-4-14-12-22(8-9-26-14)13-10-16(24)21(2)19-11-13/h5,7,10-11,14H,3-4,6,8-9,12H2,1-2H3,(H,18,25). The van der Waals surface area contributed by atoms with Crippen LogP contribution < -0.4 is 15.8 Å². The second-order valence-electron chi connectivity index (χ2n) is 6.22. The van der Waals surface area contributed by atoms with Crippen molar-refractivity contribution in [3.05, 3.63) is 40.6 Å². The van der Waals surface area contributed by atoms with Crippen molar-refractivity contribution < 1.29 is 9.53 Å². The summed E-state index contributed by atoms with van der Waals surface area (Å²) in [5.41, 5.74) is 1.09. The summed E-state index contributed by atoms with van der Waals surface area (Å²) < 4.78 is 8.80. The third-order valence-electron chi connectivity index (χ3n) is 4.41. The van der Waals surface area contributed by atoms with Crippen LogP contribution in [0, 0.1) is 0 Å². The van der Waals surface area contributed by atoms with E-state index in [0.29, 0.717) is 38.4 Å². The summed E-state index contributed by atoms with van der Waals surface area (Å²) >= 11 is 0. The lowest BCUT2D eigenvalue weighted by atomic mass is 10.2. The zero-order valence-electron chi connectivity index (χ0n) is 15.1. The molecule has 9 nitrogen and oxygen atoms in total. The van der Waals surface area contributed by atoms with Gasteiger partial charge in [0.1, 0.15) is 5.69 Å². The molecular formula is C17H24N6O3. The van der Waals surface area contributed by atoms with Crippen molar-refractivity contribution in [2.75, 3.05) is 31.1 Å². The van der Waals surface area contributed by atoms with Gasteiger partial charge in [0.25, 0.3) is 11.5 Å². The normalized spacial score (nSPS) is 17.3. The van der Waals surface area contributed by atoms with Crippen molar-refractivity contribution in [1.82, 2.24) is 24.9 Å². The Morgan fingerprint density at radius 3 is 3.04 bits per heavy atom. The molecule has 140 valence electrons. The van der Waals surface area contributed by atoms with Crippen LogP contribution >= 0.6 is 0 Å². The predicted molar refractivity (Wildman–Crippen MR) is 96.3 cm³/mol. The van der Waals surface area contributed by atoms with Gasteiger partial charge < -0.3 is 15.0 Å². The van der Waals surface area contributed by atoms with Gasteiger partial charge in [0.05, 0.1) is 24.6 Å². The molecule has 0 spiro atoms. The minimum Gasteiger partial charge on any atom is -0.374 e. The molecule has 26 heavy (non-hydrogen) atoms. The fraction of sp³-hybridized carbons (Fsp3) is 0.529. The zero-order chi connectivity index (χ0) is 18.5. The number of hydrogen-bond donors (Lipinski definition) is 1. The van der Waals surface area contributed by atoms with Crippen molar-refractivity contribution in [3.63, 3.8) is 0 Å². The van der Waals surface area contributed by atoms with E-state index in [1.54, 1.807) is 36.3 Å². The molecule has 1 N–H and O–H groups in total. The zero-order valence-corrected chi connectivity index (χ0v) is 15.1. The number of carbonyl (C=O) groups excluding carboxylic acids is 1. The monoisotopic (exact) mass is 360 g/mol. The maximum atomic E-state index is 12.1. The summed E-state index contributed by atoms with van der Waals surface area (Å²) in [6, 6.07) is 3.29. The molecule has 2 aromatic rings. The molecule has 0 radical (unpaired) electrons. The third-order valence-corrected chi connectivity index (χ3v) is 4.41. The summed E-state index contributed by atoms with van der Waals surface area (Å²) in [4.78, 5) is 25.9. The van der Waals surface area contributed by atoms with E-state index in [9.17, 15) is 9.59 Å². The highest BCUT2D eigenvalue weighted by molar-refractivity contribution is 5.92. The van der Waals surface area contributed by atoms with E-state index >= 15 is 0 Å². The third kappa shape index (κ3) is 4.29. The highest BCUT2D eigenvalue weighted by atomic mass is 16.5. The number of nitrogens with zero attached hydrogens (tertiary/aromatic N) is 5. The molecule has 1 aliphatic heterocycles. The van der Waals surface area contributed by atoms with E-state index < -0.39 is 0 Å². The number of rotatable bonds is 6. The smallest absolute Gasteiger partial charge is 0.271 e. The molecule has 0 aromatic carbocycles. The molecule has 1 fully saturated rings. The summed E-state index contributed by atoms with van der Waals surface area (Å²) in [6.07, 6.45) is 4.15. The summed E-state index contributed by atoms with van der Waals surface area (Å²) in [5.74, 6) is -0.180. The van der Waals surface area contributed by atoms with Gasteiger partial charge in [-0.05, 0) is 19.4 Å². The molecular weight excluding hydrogens is 336 g/mol. The molecule has 0 saturated carbocycles. The first-order valence-electron chi connectivity index (χ1n) is 8.78. The number of morpholine rings is 1. The first-order valence-corrected chi connectivity index (χ1v) is 8.78. The van der Waals surface area contributed by atoms with Crippen LogP contribution in [0.1, 0.15) is 23.8 Å². The molecule has 1 aliphatic rings. The van der Waals surface area contributed by atoms with Crippen molar-refractivity contribution in [2.24, 2.45) is 7.05 Å². The van der Waals surface area contributed by atoms with Gasteiger partial charge in [-0.2, -0.15) is 10.2 Å². The number of aryl methyl sites for hydroxylation is 2. The number of ether oxygens (including phenoxy) is 1. The molecule has 3 heterocycles. The minimum atomic E-state index is -0.180. The van der Waals surface area contributed by atoms with Gasteiger partial charge in [-0.1, -0.05) is 0 Å². The number of nitrogens with one attached hydrogen (secondary N) is 1. The van der Waals surface area contributed by atoms with Crippen molar-refractivity contribution in [1.29, 1.82) is 0 Å². The Labute approximate surface area is 151 Å². The lowest BCUT2D eigenvalue weighted by molar-refractivity contribution is 0.0353. The first kappa shape index (κ1) is 18.1. The van der Waals surface area contributed by atoms with Gasteiger partial charge in [0.15, 0.2) is 0 Å². The molecule has 9 heteroatoms. The molecule has 1 saturated heterocycles. The number of carbonyl (C=O) groups is 1. The van der Waals surface area contributed by atoms with Crippen LogP contribution in [0.4, 0.5) is 5.69 Å². The maximum Gasteiger partial charge on any atom is 0.271 e. The van der Waals surface area contributed by atoms with E-state index in [1.807, 2.05) is 6.92 Å². The Bertz CT molecular complexity index is 815. The molecule has 1 atom stereocenters. The van der Waals surface area contributed by atoms with Crippen molar-refractivity contribution in [2.45, 2.75) is 26.0 Å². The van der Waals surface area contributed by atoms with Crippen LogP contribution in [0.5, 0.6) is 0 Å². The SMILES string of the molecule is CCn1ccc(C(=O)NCCC2CN(c3cnn(C)c(=O)c3)CCO2)n1. The Balaban J connectivity index is 1.49. The summed E-state index contributed by atoms with van der Waals surface area (Å²) in [6.45, 7) is 5.16. The van der Waals surface area contributed by atoms with Gasteiger partial charge in [-0.25, -0.2) is 4.68 Å².